The lowest BCUT2D eigenvalue weighted by Crippen LogP contribution is -2.53. The Morgan fingerprint density at radius 2 is 0.725 bits per heavy atom. The SMILES string of the molecule is C[Si](C)(c1cccc(Oc2ccccc2)c1)c1ccc2c(c1)c1cc([Si](C)(C)c3cccc(Oc4ccccc4)c3)ccc1n2-c1ccccc1. The van der Waals surface area contributed by atoms with Crippen LogP contribution in [0.4, 0.5) is 0 Å². The molecule has 0 aliphatic heterocycles. The number of nitrogens with zero attached hydrogens (tertiary/aromatic N) is 1. The van der Waals surface area contributed by atoms with E-state index < -0.39 is 16.1 Å². The molecule has 0 N–H and O–H groups in total. The van der Waals surface area contributed by atoms with Gasteiger partial charge in [-0.15, -0.1) is 0 Å². The fourth-order valence-electron chi connectivity index (χ4n) is 7.14. The third-order valence-corrected chi connectivity index (χ3v) is 17.3. The quantitative estimate of drug-likeness (QED) is 0.140. The lowest BCUT2D eigenvalue weighted by Gasteiger charge is -2.25. The number of benzene rings is 7. The minimum absolute atomic E-state index is 0.849. The predicted molar refractivity (Wildman–Crippen MR) is 220 cm³/mol. The van der Waals surface area contributed by atoms with E-state index >= 15 is 0 Å². The summed E-state index contributed by atoms with van der Waals surface area (Å²) in [7, 11) is -4.23. The second-order valence-electron chi connectivity index (χ2n) is 14.3. The first-order valence-electron chi connectivity index (χ1n) is 17.6. The van der Waals surface area contributed by atoms with Crippen LogP contribution in [0.5, 0.6) is 23.0 Å². The average molecular weight is 696 g/mol. The molecule has 0 fully saturated rings. The molecule has 8 rings (SSSR count). The van der Waals surface area contributed by atoms with E-state index in [1.54, 1.807) is 0 Å². The molecule has 250 valence electrons. The van der Waals surface area contributed by atoms with Crippen LogP contribution in [0.2, 0.25) is 26.2 Å². The van der Waals surface area contributed by atoms with E-state index in [9.17, 15) is 0 Å². The zero-order valence-electron chi connectivity index (χ0n) is 29.5. The van der Waals surface area contributed by atoms with Gasteiger partial charge in [0.25, 0.3) is 0 Å². The molecule has 0 bridgehead atoms. The van der Waals surface area contributed by atoms with Crippen LogP contribution in [0.1, 0.15) is 0 Å². The zero-order chi connectivity index (χ0) is 35.0. The third-order valence-electron chi connectivity index (χ3n) is 10.3. The highest BCUT2D eigenvalue weighted by molar-refractivity contribution is 7.01. The molecule has 0 saturated heterocycles. The van der Waals surface area contributed by atoms with Gasteiger partial charge >= 0.3 is 0 Å². The highest BCUT2D eigenvalue weighted by Gasteiger charge is 2.30. The van der Waals surface area contributed by atoms with Gasteiger partial charge in [0.05, 0.1) is 11.0 Å². The monoisotopic (exact) mass is 695 g/mol. The first-order valence-corrected chi connectivity index (χ1v) is 23.6. The molecule has 0 aliphatic rings. The predicted octanol–water partition coefficient (Wildman–Crippen LogP) is 10.0. The lowest BCUT2D eigenvalue weighted by molar-refractivity contribution is 0.483. The molecule has 0 amide bonds. The maximum absolute atomic E-state index is 6.26. The summed E-state index contributed by atoms with van der Waals surface area (Å²) < 4.78 is 14.9. The van der Waals surface area contributed by atoms with Crippen molar-refractivity contribution in [2.24, 2.45) is 0 Å². The van der Waals surface area contributed by atoms with Gasteiger partial charge in [-0.2, -0.15) is 0 Å². The molecule has 0 spiro atoms. The molecule has 0 radical (unpaired) electrons. The van der Waals surface area contributed by atoms with Crippen LogP contribution in [0.25, 0.3) is 27.5 Å². The van der Waals surface area contributed by atoms with Crippen molar-refractivity contribution in [3.63, 3.8) is 0 Å². The Hall–Kier alpha value is -5.63. The van der Waals surface area contributed by atoms with Crippen LogP contribution in [-0.4, -0.2) is 20.7 Å². The van der Waals surface area contributed by atoms with Crippen molar-refractivity contribution in [3.05, 3.63) is 176 Å². The van der Waals surface area contributed by atoms with E-state index in [4.69, 9.17) is 9.47 Å². The zero-order valence-corrected chi connectivity index (χ0v) is 31.5. The number of para-hydroxylation sites is 3. The summed E-state index contributed by atoms with van der Waals surface area (Å²) in [5.74, 6) is 3.44. The van der Waals surface area contributed by atoms with E-state index in [1.165, 1.54) is 48.2 Å². The number of fused-ring (bicyclic) bond motifs is 3. The highest BCUT2D eigenvalue weighted by atomic mass is 28.3. The van der Waals surface area contributed by atoms with Gasteiger partial charge in [-0.3, -0.25) is 0 Å². The second-order valence-corrected chi connectivity index (χ2v) is 23.1. The van der Waals surface area contributed by atoms with Crippen molar-refractivity contribution in [3.8, 4) is 28.7 Å². The van der Waals surface area contributed by atoms with E-state index in [0.717, 1.165) is 23.0 Å². The molecule has 5 heteroatoms. The molecular weight excluding hydrogens is 655 g/mol. The summed E-state index contributed by atoms with van der Waals surface area (Å²) in [6.45, 7) is 9.77. The lowest BCUT2D eigenvalue weighted by atomic mass is 10.1. The fourth-order valence-corrected chi connectivity index (χ4v) is 11.8. The van der Waals surface area contributed by atoms with Gasteiger partial charge in [0.15, 0.2) is 0 Å². The molecule has 0 atom stereocenters. The molecule has 0 aliphatic carbocycles. The molecule has 8 aromatic rings. The molecule has 1 heterocycles. The van der Waals surface area contributed by atoms with Gasteiger partial charge in [-0.25, -0.2) is 0 Å². The Bertz CT molecular complexity index is 2320. The topological polar surface area (TPSA) is 23.4 Å². The summed E-state index contributed by atoms with van der Waals surface area (Å²) in [5.41, 5.74) is 3.61. The Kier molecular flexibility index (Phi) is 8.46. The molecular formula is C46H41NO2Si2. The maximum Gasteiger partial charge on any atom is 0.127 e. The molecule has 3 nitrogen and oxygen atoms in total. The van der Waals surface area contributed by atoms with Crippen LogP contribution >= 0.6 is 0 Å². The van der Waals surface area contributed by atoms with Gasteiger partial charge in [0.1, 0.15) is 39.1 Å². The van der Waals surface area contributed by atoms with Gasteiger partial charge in [-0.05, 0) is 72.8 Å². The number of hydrogen-bond acceptors (Lipinski definition) is 2. The van der Waals surface area contributed by atoms with Crippen LogP contribution in [0.3, 0.4) is 0 Å². The third kappa shape index (κ3) is 6.31. The van der Waals surface area contributed by atoms with Crippen molar-refractivity contribution in [2.45, 2.75) is 26.2 Å². The van der Waals surface area contributed by atoms with Crippen molar-refractivity contribution in [2.75, 3.05) is 0 Å². The van der Waals surface area contributed by atoms with Crippen LogP contribution in [-0.2, 0) is 0 Å². The Balaban J connectivity index is 1.23. The van der Waals surface area contributed by atoms with Crippen molar-refractivity contribution >= 4 is 58.7 Å². The summed E-state index contributed by atoms with van der Waals surface area (Å²) in [4.78, 5) is 0. The van der Waals surface area contributed by atoms with E-state index in [1.807, 2.05) is 72.8 Å². The summed E-state index contributed by atoms with van der Waals surface area (Å²) in [6.07, 6.45) is 0. The Morgan fingerprint density at radius 3 is 1.16 bits per heavy atom. The van der Waals surface area contributed by atoms with Crippen LogP contribution in [0, 0.1) is 0 Å². The van der Waals surface area contributed by atoms with Crippen LogP contribution < -0.4 is 30.2 Å². The van der Waals surface area contributed by atoms with Crippen molar-refractivity contribution in [1.82, 2.24) is 4.57 Å². The number of aromatic nitrogens is 1. The molecule has 7 aromatic carbocycles. The fraction of sp³-hybridized carbons (Fsp3) is 0.0870. The molecule has 0 saturated carbocycles. The normalized spacial score (nSPS) is 11.9. The summed E-state index contributed by atoms with van der Waals surface area (Å²) in [5, 5.41) is 8.05. The first-order chi connectivity index (χ1) is 24.8. The minimum atomic E-state index is -2.11. The number of hydrogen-bond donors (Lipinski definition) is 0. The van der Waals surface area contributed by atoms with Gasteiger partial charge in [0.2, 0.25) is 0 Å². The highest BCUT2D eigenvalue weighted by Crippen LogP contribution is 2.32. The smallest absolute Gasteiger partial charge is 0.127 e. The van der Waals surface area contributed by atoms with Crippen molar-refractivity contribution < 1.29 is 9.47 Å². The molecule has 51 heavy (non-hydrogen) atoms. The van der Waals surface area contributed by atoms with Gasteiger partial charge in [0, 0.05) is 16.5 Å². The summed E-state index contributed by atoms with van der Waals surface area (Å²) >= 11 is 0. The second kappa shape index (κ2) is 13.3. The Labute approximate surface area is 302 Å². The minimum Gasteiger partial charge on any atom is -0.457 e. The van der Waals surface area contributed by atoms with E-state index in [-0.39, 0.29) is 0 Å². The maximum atomic E-state index is 6.26. The van der Waals surface area contributed by atoms with Gasteiger partial charge < -0.3 is 14.0 Å². The first kappa shape index (κ1) is 32.6. The van der Waals surface area contributed by atoms with Crippen molar-refractivity contribution in [1.29, 1.82) is 0 Å². The number of rotatable bonds is 9. The average Bonchev–Trinajstić information content (AvgIpc) is 3.49. The molecule has 0 unspecified atom stereocenters. The molecule has 1 aromatic heterocycles. The summed E-state index contributed by atoms with van der Waals surface area (Å²) in [6, 6.07) is 62.5. The standard InChI is InChI=1S/C46H41NO2Si2/c1-50(2,39-24-14-22-37(30-39)48-35-18-10-6-11-19-35)41-26-28-45-43(32-41)44-33-42(27-29-46(44)47(45)34-16-8-5-9-17-34)51(3,4)40-25-15-23-38(31-40)49-36-20-12-7-13-21-36/h5-33H,1-4H3. The van der Waals surface area contributed by atoms with Crippen LogP contribution in [0.15, 0.2) is 176 Å². The van der Waals surface area contributed by atoms with E-state index in [0.29, 0.717) is 0 Å². The largest absolute Gasteiger partial charge is 0.457 e. The Morgan fingerprint density at radius 1 is 0.353 bits per heavy atom. The van der Waals surface area contributed by atoms with Gasteiger partial charge in [-0.1, -0.05) is 150 Å². The number of ether oxygens (including phenoxy) is 2. The van der Waals surface area contributed by atoms with E-state index in [2.05, 4.69) is 134 Å².